The van der Waals surface area contributed by atoms with E-state index in [1.807, 2.05) is 24.3 Å². The summed E-state index contributed by atoms with van der Waals surface area (Å²) in [5.41, 5.74) is 3.36. The van der Waals surface area contributed by atoms with Crippen molar-refractivity contribution >= 4 is 34.2 Å². The molecule has 0 bridgehead atoms. The molecular weight excluding hydrogens is 327 g/mol. The number of rotatable bonds is 6. The molecule has 0 fully saturated rings. The standard InChI is InChI=1S/C19H20Cl2N2/c1-2-3-4-9-19-22-17-7-5-6-8-18(17)23(19)13-14-10-11-15(20)16(21)12-14/h5-8,10-12H,2-4,9,13H2,1H3. The van der Waals surface area contributed by atoms with Crippen LogP contribution in [-0.4, -0.2) is 9.55 Å². The van der Waals surface area contributed by atoms with Gasteiger partial charge in [0.1, 0.15) is 5.82 Å². The van der Waals surface area contributed by atoms with Crippen LogP contribution in [0.15, 0.2) is 42.5 Å². The molecule has 3 rings (SSSR count). The van der Waals surface area contributed by atoms with Crippen LogP contribution in [0.5, 0.6) is 0 Å². The first-order valence-corrected chi connectivity index (χ1v) is 8.82. The first-order chi connectivity index (χ1) is 11.2. The third kappa shape index (κ3) is 3.70. The van der Waals surface area contributed by atoms with Gasteiger partial charge in [-0.15, -0.1) is 0 Å². The fourth-order valence-electron chi connectivity index (χ4n) is 2.85. The largest absolute Gasteiger partial charge is 0.323 e. The van der Waals surface area contributed by atoms with Crippen LogP contribution in [-0.2, 0) is 13.0 Å². The molecule has 3 aromatic rings. The highest BCUT2D eigenvalue weighted by Crippen LogP contribution is 2.25. The first kappa shape index (κ1) is 16.4. The van der Waals surface area contributed by atoms with Gasteiger partial charge in [-0.1, -0.05) is 61.2 Å². The number of aromatic nitrogens is 2. The van der Waals surface area contributed by atoms with Crippen molar-refractivity contribution in [1.82, 2.24) is 9.55 Å². The second-order valence-corrected chi connectivity index (χ2v) is 6.62. The van der Waals surface area contributed by atoms with E-state index < -0.39 is 0 Å². The highest BCUT2D eigenvalue weighted by molar-refractivity contribution is 6.42. The molecule has 0 aliphatic rings. The Hall–Kier alpha value is -1.51. The SMILES string of the molecule is CCCCCc1nc2ccccc2n1Cc1ccc(Cl)c(Cl)c1. The van der Waals surface area contributed by atoms with Gasteiger partial charge in [0.25, 0.3) is 0 Å². The van der Waals surface area contributed by atoms with Crippen LogP contribution in [0.25, 0.3) is 11.0 Å². The molecule has 0 radical (unpaired) electrons. The summed E-state index contributed by atoms with van der Waals surface area (Å²) in [6, 6.07) is 14.1. The molecule has 0 saturated carbocycles. The van der Waals surface area contributed by atoms with E-state index in [0.29, 0.717) is 10.0 Å². The molecular formula is C19H20Cl2N2. The molecule has 0 unspecified atom stereocenters. The third-order valence-corrected chi connectivity index (χ3v) is 4.80. The monoisotopic (exact) mass is 346 g/mol. The summed E-state index contributed by atoms with van der Waals surface area (Å²) in [4.78, 5) is 4.82. The van der Waals surface area contributed by atoms with Crippen molar-refractivity contribution in [3.8, 4) is 0 Å². The summed E-state index contributed by atoms with van der Waals surface area (Å²) < 4.78 is 2.30. The van der Waals surface area contributed by atoms with Crippen LogP contribution < -0.4 is 0 Å². The Morgan fingerprint density at radius 3 is 2.61 bits per heavy atom. The van der Waals surface area contributed by atoms with E-state index in [9.17, 15) is 0 Å². The predicted octanol–water partition coefficient (Wildman–Crippen LogP) is 6.12. The van der Waals surface area contributed by atoms with Gasteiger partial charge in [0.15, 0.2) is 0 Å². The van der Waals surface area contributed by atoms with Crippen molar-refractivity contribution in [2.45, 2.75) is 39.2 Å². The number of aryl methyl sites for hydroxylation is 1. The molecule has 4 heteroatoms. The lowest BCUT2D eigenvalue weighted by Crippen LogP contribution is -2.05. The number of nitrogens with zero attached hydrogens (tertiary/aromatic N) is 2. The Bertz CT molecular complexity index is 808. The summed E-state index contributed by atoms with van der Waals surface area (Å²) in [5.74, 6) is 1.14. The summed E-state index contributed by atoms with van der Waals surface area (Å²) in [5, 5.41) is 1.19. The number of halogens is 2. The van der Waals surface area contributed by atoms with Crippen molar-refractivity contribution in [3.05, 3.63) is 63.9 Å². The van der Waals surface area contributed by atoms with E-state index in [-0.39, 0.29) is 0 Å². The summed E-state index contributed by atoms with van der Waals surface area (Å²) in [6.45, 7) is 2.98. The second kappa shape index (κ2) is 7.37. The molecule has 0 aliphatic carbocycles. The minimum Gasteiger partial charge on any atom is -0.323 e. The minimum atomic E-state index is 0.592. The van der Waals surface area contributed by atoms with Gasteiger partial charge >= 0.3 is 0 Å². The van der Waals surface area contributed by atoms with Crippen LogP contribution >= 0.6 is 23.2 Å². The van der Waals surface area contributed by atoms with Gasteiger partial charge in [0.2, 0.25) is 0 Å². The maximum absolute atomic E-state index is 6.16. The Labute approximate surface area is 147 Å². The smallest absolute Gasteiger partial charge is 0.110 e. The lowest BCUT2D eigenvalue weighted by molar-refractivity contribution is 0.659. The fourth-order valence-corrected chi connectivity index (χ4v) is 3.17. The Kier molecular flexibility index (Phi) is 5.24. The molecule has 120 valence electrons. The van der Waals surface area contributed by atoms with Gasteiger partial charge in [-0.2, -0.15) is 0 Å². The van der Waals surface area contributed by atoms with Gasteiger partial charge in [-0.05, 0) is 36.2 Å². The van der Waals surface area contributed by atoms with E-state index >= 15 is 0 Å². The maximum Gasteiger partial charge on any atom is 0.110 e. The van der Waals surface area contributed by atoms with Crippen LogP contribution in [0.1, 0.15) is 37.6 Å². The van der Waals surface area contributed by atoms with Gasteiger partial charge in [-0.25, -0.2) is 4.98 Å². The van der Waals surface area contributed by atoms with E-state index in [1.165, 1.54) is 24.8 Å². The summed E-state index contributed by atoms with van der Waals surface area (Å²) in [7, 11) is 0. The van der Waals surface area contributed by atoms with Gasteiger partial charge in [0, 0.05) is 13.0 Å². The molecule has 0 amide bonds. The van der Waals surface area contributed by atoms with Gasteiger partial charge in [0.05, 0.1) is 21.1 Å². The molecule has 0 saturated heterocycles. The number of fused-ring (bicyclic) bond motifs is 1. The highest BCUT2D eigenvalue weighted by Gasteiger charge is 2.11. The average Bonchev–Trinajstić information content (AvgIpc) is 2.89. The van der Waals surface area contributed by atoms with Crippen molar-refractivity contribution in [1.29, 1.82) is 0 Å². The van der Waals surface area contributed by atoms with Crippen LogP contribution in [0, 0.1) is 0 Å². The molecule has 2 aromatic carbocycles. The molecule has 2 nitrogen and oxygen atoms in total. The number of hydrogen-bond donors (Lipinski definition) is 0. The topological polar surface area (TPSA) is 17.8 Å². The number of benzene rings is 2. The van der Waals surface area contributed by atoms with Crippen LogP contribution in [0.4, 0.5) is 0 Å². The highest BCUT2D eigenvalue weighted by atomic mass is 35.5. The molecule has 0 N–H and O–H groups in total. The van der Waals surface area contributed by atoms with Crippen molar-refractivity contribution in [3.63, 3.8) is 0 Å². The van der Waals surface area contributed by atoms with Gasteiger partial charge in [-0.3, -0.25) is 0 Å². The van der Waals surface area contributed by atoms with Crippen molar-refractivity contribution < 1.29 is 0 Å². The van der Waals surface area contributed by atoms with Crippen molar-refractivity contribution in [2.75, 3.05) is 0 Å². The zero-order chi connectivity index (χ0) is 16.2. The number of para-hydroxylation sites is 2. The quantitative estimate of drug-likeness (QED) is 0.491. The van der Waals surface area contributed by atoms with E-state index in [1.54, 1.807) is 0 Å². The van der Waals surface area contributed by atoms with Crippen LogP contribution in [0.3, 0.4) is 0 Å². The molecule has 0 spiro atoms. The first-order valence-electron chi connectivity index (χ1n) is 8.07. The zero-order valence-electron chi connectivity index (χ0n) is 13.2. The summed E-state index contributed by atoms with van der Waals surface area (Å²) in [6.07, 6.45) is 4.62. The lowest BCUT2D eigenvalue weighted by atomic mass is 10.2. The Morgan fingerprint density at radius 1 is 1.00 bits per heavy atom. The Morgan fingerprint density at radius 2 is 1.83 bits per heavy atom. The average molecular weight is 347 g/mol. The molecule has 23 heavy (non-hydrogen) atoms. The molecule has 1 heterocycles. The molecule has 1 aromatic heterocycles. The molecule has 0 aliphatic heterocycles. The maximum atomic E-state index is 6.16. The van der Waals surface area contributed by atoms with E-state index in [2.05, 4.69) is 29.7 Å². The second-order valence-electron chi connectivity index (χ2n) is 5.81. The lowest BCUT2D eigenvalue weighted by Gasteiger charge is -2.10. The van der Waals surface area contributed by atoms with Crippen LogP contribution in [0.2, 0.25) is 10.0 Å². The summed E-state index contributed by atoms with van der Waals surface area (Å²) >= 11 is 12.2. The fraction of sp³-hybridized carbons (Fsp3) is 0.316. The van der Waals surface area contributed by atoms with Crippen molar-refractivity contribution in [2.24, 2.45) is 0 Å². The zero-order valence-corrected chi connectivity index (χ0v) is 14.7. The molecule has 0 atom stereocenters. The van der Waals surface area contributed by atoms with Gasteiger partial charge < -0.3 is 4.57 Å². The Balaban J connectivity index is 1.96. The normalized spacial score (nSPS) is 11.3. The number of imidazole rings is 1. The van der Waals surface area contributed by atoms with E-state index in [4.69, 9.17) is 28.2 Å². The van der Waals surface area contributed by atoms with E-state index in [0.717, 1.165) is 29.9 Å². The number of hydrogen-bond acceptors (Lipinski definition) is 1. The third-order valence-electron chi connectivity index (χ3n) is 4.06. The predicted molar refractivity (Wildman–Crippen MR) is 98.5 cm³/mol. The number of unbranched alkanes of at least 4 members (excludes halogenated alkanes) is 2. The minimum absolute atomic E-state index is 0.592.